The molecule has 0 aliphatic carbocycles. The Bertz CT molecular complexity index is 765. The molecule has 2 unspecified atom stereocenters. The van der Waals surface area contributed by atoms with Crippen molar-refractivity contribution in [3.63, 3.8) is 0 Å². The minimum Gasteiger partial charge on any atom is -0.488 e. The van der Waals surface area contributed by atoms with Gasteiger partial charge < -0.3 is 20.1 Å². The van der Waals surface area contributed by atoms with E-state index in [1.807, 2.05) is 12.1 Å². The molecule has 2 aliphatic rings. The number of benzene rings is 1. The van der Waals surface area contributed by atoms with Crippen molar-refractivity contribution in [3.05, 3.63) is 52.2 Å². The number of nitrogens with zero attached hydrogens (tertiary/aromatic N) is 2. The fourth-order valence-corrected chi connectivity index (χ4v) is 4.71. The van der Waals surface area contributed by atoms with Gasteiger partial charge in [-0.15, -0.1) is 11.3 Å². The van der Waals surface area contributed by atoms with E-state index in [4.69, 9.17) is 14.5 Å². The Balaban J connectivity index is 1.37. The van der Waals surface area contributed by atoms with E-state index in [0.29, 0.717) is 6.04 Å². The SMILES string of the molecule is CCNC(=NCC(c1cccs1)N1CCOCC1)NCC1Cc2ccccc2O1. The van der Waals surface area contributed by atoms with Crippen molar-refractivity contribution in [1.29, 1.82) is 0 Å². The lowest BCUT2D eigenvalue weighted by atomic mass is 10.1. The monoisotopic (exact) mass is 414 g/mol. The second-order valence-electron chi connectivity index (χ2n) is 7.33. The maximum absolute atomic E-state index is 6.05. The van der Waals surface area contributed by atoms with E-state index in [9.17, 15) is 0 Å². The lowest BCUT2D eigenvalue weighted by molar-refractivity contribution is 0.0186. The second-order valence-corrected chi connectivity index (χ2v) is 8.31. The maximum atomic E-state index is 6.05. The van der Waals surface area contributed by atoms with Crippen LogP contribution in [0.1, 0.15) is 23.4 Å². The van der Waals surface area contributed by atoms with E-state index in [-0.39, 0.29) is 6.10 Å². The highest BCUT2D eigenvalue weighted by molar-refractivity contribution is 7.10. The van der Waals surface area contributed by atoms with Gasteiger partial charge in [-0.2, -0.15) is 0 Å². The molecule has 4 rings (SSSR count). The van der Waals surface area contributed by atoms with Crippen LogP contribution < -0.4 is 15.4 Å². The molecular weight excluding hydrogens is 384 g/mol. The molecule has 2 atom stereocenters. The smallest absolute Gasteiger partial charge is 0.191 e. The molecule has 29 heavy (non-hydrogen) atoms. The van der Waals surface area contributed by atoms with Gasteiger partial charge in [-0.25, -0.2) is 0 Å². The van der Waals surface area contributed by atoms with Crippen LogP contribution >= 0.6 is 11.3 Å². The largest absolute Gasteiger partial charge is 0.488 e. The van der Waals surface area contributed by atoms with Crippen LogP contribution in [0, 0.1) is 0 Å². The third-order valence-electron chi connectivity index (χ3n) is 5.34. The van der Waals surface area contributed by atoms with Gasteiger partial charge in [0.2, 0.25) is 0 Å². The fourth-order valence-electron chi connectivity index (χ4n) is 3.85. The number of nitrogens with one attached hydrogen (secondary N) is 2. The first-order chi connectivity index (χ1) is 14.3. The van der Waals surface area contributed by atoms with Crippen molar-refractivity contribution >= 4 is 17.3 Å². The van der Waals surface area contributed by atoms with Gasteiger partial charge in [0, 0.05) is 30.9 Å². The molecule has 2 N–H and O–H groups in total. The van der Waals surface area contributed by atoms with Crippen LogP contribution in [0.2, 0.25) is 0 Å². The van der Waals surface area contributed by atoms with E-state index >= 15 is 0 Å². The van der Waals surface area contributed by atoms with Crippen molar-refractivity contribution in [1.82, 2.24) is 15.5 Å². The van der Waals surface area contributed by atoms with Gasteiger partial charge in [0.1, 0.15) is 11.9 Å². The summed E-state index contributed by atoms with van der Waals surface area (Å²) in [5.41, 5.74) is 1.28. The lowest BCUT2D eigenvalue weighted by Crippen LogP contribution is -2.43. The Hall–Kier alpha value is -2.09. The predicted molar refractivity (Wildman–Crippen MR) is 118 cm³/mol. The molecule has 0 saturated carbocycles. The molecule has 7 heteroatoms. The topological polar surface area (TPSA) is 58.1 Å². The zero-order valence-electron chi connectivity index (χ0n) is 17.0. The van der Waals surface area contributed by atoms with Crippen molar-refractivity contribution in [2.45, 2.75) is 25.5 Å². The molecule has 1 aromatic heterocycles. The normalized spacial score (nSPS) is 20.7. The number of hydrogen-bond acceptors (Lipinski definition) is 5. The average molecular weight is 415 g/mol. The van der Waals surface area contributed by atoms with Crippen LogP contribution in [0.15, 0.2) is 46.8 Å². The van der Waals surface area contributed by atoms with Gasteiger partial charge in [-0.3, -0.25) is 9.89 Å². The van der Waals surface area contributed by atoms with Crippen LogP contribution in [-0.2, 0) is 11.2 Å². The molecule has 2 aliphatic heterocycles. The predicted octanol–water partition coefficient (Wildman–Crippen LogP) is 2.68. The zero-order valence-corrected chi connectivity index (χ0v) is 17.8. The third-order valence-corrected chi connectivity index (χ3v) is 6.31. The molecule has 0 bridgehead atoms. The summed E-state index contributed by atoms with van der Waals surface area (Å²) in [7, 11) is 0. The molecule has 0 spiro atoms. The maximum Gasteiger partial charge on any atom is 0.191 e. The van der Waals surface area contributed by atoms with Crippen molar-refractivity contribution in [2.75, 3.05) is 45.9 Å². The summed E-state index contributed by atoms with van der Waals surface area (Å²) in [6.45, 7) is 7.89. The zero-order chi connectivity index (χ0) is 19.9. The number of guanidine groups is 1. The van der Waals surface area contributed by atoms with Gasteiger partial charge in [0.15, 0.2) is 5.96 Å². The summed E-state index contributed by atoms with van der Waals surface area (Å²) >= 11 is 1.80. The number of rotatable bonds is 7. The number of hydrogen-bond donors (Lipinski definition) is 2. The fraction of sp³-hybridized carbons (Fsp3) is 0.500. The Kier molecular flexibility index (Phi) is 7.03. The van der Waals surface area contributed by atoms with Crippen LogP contribution in [0.25, 0.3) is 0 Å². The Labute approximate surface area is 176 Å². The summed E-state index contributed by atoms with van der Waals surface area (Å²) in [6, 6.07) is 12.9. The lowest BCUT2D eigenvalue weighted by Gasteiger charge is -2.33. The molecule has 1 saturated heterocycles. The number of fused-ring (bicyclic) bond motifs is 1. The van der Waals surface area contributed by atoms with Crippen LogP contribution in [0.5, 0.6) is 5.75 Å². The first kappa shape index (κ1) is 20.2. The number of para-hydroxylation sites is 1. The number of morpholine rings is 1. The Morgan fingerprint density at radius 2 is 2.07 bits per heavy atom. The molecular formula is C22H30N4O2S. The van der Waals surface area contributed by atoms with Gasteiger partial charge in [0.25, 0.3) is 0 Å². The van der Waals surface area contributed by atoms with Gasteiger partial charge in [-0.05, 0) is 30.0 Å². The summed E-state index contributed by atoms with van der Waals surface area (Å²) in [5.74, 6) is 1.85. The quantitative estimate of drug-likeness (QED) is 0.539. The first-order valence-corrected chi connectivity index (χ1v) is 11.3. The van der Waals surface area contributed by atoms with E-state index in [0.717, 1.165) is 64.1 Å². The minimum absolute atomic E-state index is 0.142. The standard InChI is InChI=1S/C22H30N4O2S/c1-2-23-22(24-15-18-14-17-6-3-4-7-20(17)28-18)25-16-19(21-8-5-13-29-21)26-9-11-27-12-10-26/h3-8,13,18-19H,2,9-12,14-16H2,1H3,(H2,23,24,25). The molecule has 2 aromatic rings. The van der Waals surface area contributed by atoms with Crippen molar-refractivity contribution < 1.29 is 9.47 Å². The molecule has 3 heterocycles. The van der Waals surface area contributed by atoms with E-state index < -0.39 is 0 Å². The summed E-state index contributed by atoms with van der Waals surface area (Å²) in [6.07, 6.45) is 1.08. The minimum atomic E-state index is 0.142. The highest BCUT2D eigenvalue weighted by Crippen LogP contribution is 2.28. The summed E-state index contributed by atoms with van der Waals surface area (Å²) in [4.78, 5) is 8.77. The molecule has 0 amide bonds. The molecule has 156 valence electrons. The molecule has 0 radical (unpaired) electrons. The first-order valence-electron chi connectivity index (χ1n) is 10.5. The summed E-state index contributed by atoms with van der Waals surface area (Å²) in [5, 5.41) is 8.99. The Morgan fingerprint density at radius 1 is 1.21 bits per heavy atom. The highest BCUT2D eigenvalue weighted by Gasteiger charge is 2.24. The van der Waals surface area contributed by atoms with Crippen molar-refractivity contribution in [3.8, 4) is 5.75 Å². The molecule has 1 aromatic carbocycles. The van der Waals surface area contributed by atoms with Gasteiger partial charge >= 0.3 is 0 Å². The van der Waals surface area contributed by atoms with Crippen LogP contribution in [-0.4, -0.2) is 62.9 Å². The van der Waals surface area contributed by atoms with E-state index in [2.05, 4.69) is 52.1 Å². The number of ether oxygens (including phenoxy) is 2. The van der Waals surface area contributed by atoms with Gasteiger partial charge in [-0.1, -0.05) is 24.3 Å². The number of aliphatic imine (C=N–C) groups is 1. The second kappa shape index (κ2) is 10.1. The van der Waals surface area contributed by atoms with Crippen molar-refractivity contribution in [2.24, 2.45) is 4.99 Å². The summed E-state index contributed by atoms with van der Waals surface area (Å²) < 4.78 is 11.6. The van der Waals surface area contributed by atoms with Crippen LogP contribution in [0.3, 0.4) is 0 Å². The molecule has 1 fully saturated rings. The van der Waals surface area contributed by atoms with E-state index in [1.54, 1.807) is 11.3 Å². The third kappa shape index (κ3) is 5.29. The number of thiophene rings is 1. The van der Waals surface area contributed by atoms with Gasteiger partial charge in [0.05, 0.1) is 32.3 Å². The van der Waals surface area contributed by atoms with Crippen LogP contribution in [0.4, 0.5) is 0 Å². The Morgan fingerprint density at radius 3 is 2.83 bits per heavy atom. The van der Waals surface area contributed by atoms with E-state index in [1.165, 1.54) is 10.4 Å². The highest BCUT2D eigenvalue weighted by atomic mass is 32.1. The average Bonchev–Trinajstić information content (AvgIpc) is 3.42. The molecule has 6 nitrogen and oxygen atoms in total.